The molecule has 3 unspecified atom stereocenters. The highest BCUT2D eigenvalue weighted by Crippen LogP contribution is 2.02. The van der Waals surface area contributed by atoms with Crippen LogP contribution in [0, 0.1) is 0 Å². The third-order valence-electron chi connectivity index (χ3n) is 4.52. The first-order valence-electron chi connectivity index (χ1n) is 11.0. The molecule has 0 bridgehead atoms. The molecule has 0 fully saturated rings. The number of carbonyl (C=O) groups is 3. The van der Waals surface area contributed by atoms with Gasteiger partial charge in [-0.1, -0.05) is 60.7 Å². The topological polar surface area (TPSA) is 254 Å². The van der Waals surface area contributed by atoms with Crippen molar-refractivity contribution in [2.45, 2.75) is 43.8 Å². The number of aliphatic imine (C=N–C) groups is 1. The van der Waals surface area contributed by atoms with Gasteiger partial charge in [-0.2, -0.15) is 0 Å². The Balaban J connectivity index is 0.000000510. The number of carboxylic acids is 3. The third-order valence-corrected chi connectivity index (χ3v) is 4.52. The summed E-state index contributed by atoms with van der Waals surface area (Å²) in [6.07, 6.45) is 1.73. The van der Waals surface area contributed by atoms with Gasteiger partial charge >= 0.3 is 17.9 Å². The molecule has 0 amide bonds. The van der Waals surface area contributed by atoms with Crippen LogP contribution in [0.15, 0.2) is 65.7 Å². The van der Waals surface area contributed by atoms with Crippen LogP contribution in [0.25, 0.3) is 0 Å². The molecule has 0 radical (unpaired) electrons. The lowest BCUT2D eigenvalue weighted by Crippen LogP contribution is -2.32. The van der Waals surface area contributed by atoms with Crippen molar-refractivity contribution in [2.24, 2.45) is 33.7 Å². The van der Waals surface area contributed by atoms with E-state index in [-0.39, 0.29) is 5.96 Å². The zero-order chi connectivity index (χ0) is 27.5. The van der Waals surface area contributed by atoms with E-state index in [4.69, 9.17) is 44.0 Å². The van der Waals surface area contributed by atoms with Crippen molar-refractivity contribution in [3.8, 4) is 0 Å². The summed E-state index contributed by atoms with van der Waals surface area (Å²) in [6, 6.07) is 16.3. The zero-order valence-electron chi connectivity index (χ0n) is 19.9. The Bertz CT molecular complexity index is 881. The SMILES string of the molecule is NC(Cc1ccccc1)C(=O)O.NC(Cc1ccccc1)C(=O)O.NC(N)=NCCCC(N)C(=O)O. The minimum Gasteiger partial charge on any atom is -0.480 e. The molecule has 0 aromatic heterocycles. The van der Waals surface area contributed by atoms with Crippen LogP contribution in [-0.4, -0.2) is 63.9 Å². The van der Waals surface area contributed by atoms with E-state index in [1.165, 1.54) is 0 Å². The second-order valence-electron chi connectivity index (χ2n) is 7.66. The summed E-state index contributed by atoms with van der Waals surface area (Å²) in [6.45, 7) is 0.420. The van der Waals surface area contributed by atoms with Crippen molar-refractivity contribution in [1.29, 1.82) is 0 Å². The molecule has 2 aromatic rings. The molecule has 13 N–H and O–H groups in total. The quantitative estimate of drug-likeness (QED) is 0.112. The van der Waals surface area contributed by atoms with Gasteiger partial charge in [0.1, 0.15) is 18.1 Å². The highest BCUT2D eigenvalue weighted by Gasteiger charge is 2.12. The average Bonchev–Trinajstić information content (AvgIpc) is 2.83. The first-order chi connectivity index (χ1) is 16.9. The maximum absolute atomic E-state index is 10.4. The lowest BCUT2D eigenvalue weighted by atomic mass is 10.1. The molecule has 0 aliphatic rings. The van der Waals surface area contributed by atoms with Crippen molar-refractivity contribution in [3.05, 3.63) is 71.8 Å². The van der Waals surface area contributed by atoms with Crippen molar-refractivity contribution >= 4 is 23.9 Å². The summed E-state index contributed by atoms with van der Waals surface area (Å²) < 4.78 is 0. The molecule has 3 atom stereocenters. The maximum atomic E-state index is 10.4. The van der Waals surface area contributed by atoms with Crippen LogP contribution in [0.2, 0.25) is 0 Å². The highest BCUT2D eigenvalue weighted by atomic mass is 16.4. The van der Waals surface area contributed by atoms with Crippen LogP contribution in [-0.2, 0) is 27.2 Å². The van der Waals surface area contributed by atoms with E-state index in [0.29, 0.717) is 32.2 Å². The van der Waals surface area contributed by atoms with Gasteiger partial charge in [0.15, 0.2) is 5.96 Å². The molecular weight excluding hydrogens is 468 g/mol. The largest absolute Gasteiger partial charge is 0.480 e. The molecule has 2 rings (SSSR count). The summed E-state index contributed by atoms with van der Waals surface area (Å²) >= 11 is 0. The second kappa shape index (κ2) is 18.3. The lowest BCUT2D eigenvalue weighted by Gasteiger charge is -2.04. The third kappa shape index (κ3) is 16.6. The number of nitrogens with two attached hydrogens (primary N) is 5. The van der Waals surface area contributed by atoms with Gasteiger partial charge in [-0.25, -0.2) is 0 Å². The fourth-order valence-corrected chi connectivity index (χ4v) is 2.55. The molecule has 0 aliphatic heterocycles. The van der Waals surface area contributed by atoms with Gasteiger partial charge in [-0.3, -0.25) is 19.4 Å². The Morgan fingerprint density at radius 3 is 1.33 bits per heavy atom. The van der Waals surface area contributed by atoms with Crippen LogP contribution >= 0.6 is 0 Å². The average molecular weight is 505 g/mol. The smallest absolute Gasteiger partial charge is 0.320 e. The molecule has 36 heavy (non-hydrogen) atoms. The molecule has 12 heteroatoms. The van der Waals surface area contributed by atoms with Gasteiger partial charge in [-0.05, 0) is 36.8 Å². The first-order valence-corrected chi connectivity index (χ1v) is 11.0. The summed E-state index contributed by atoms with van der Waals surface area (Å²) in [7, 11) is 0. The maximum Gasteiger partial charge on any atom is 0.320 e. The van der Waals surface area contributed by atoms with Gasteiger partial charge in [0.25, 0.3) is 0 Å². The predicted octanol–water partition coefficient (Wildman–Crippen LogP) is -0.266. The summed E-state index contributed by atoms with van der Waals surface area (Å²) in [5.41, 5.74) is 27.9. The lowest BCUT2D eigenvalue weighted by molar-refractivity contribution is -0.139. The van der Waals surface area contributed by atoms with Crippen LogP contribution in [0.4, 0.5) is 0 Å². The number of hydrogen-bond acceptors (Lipinski definition) is 7. The number of nitrogens with zero attached hydrogens (tertiary/aromatic N) is 1. The van der Waals surface area contributed by atoms with Crippen LogP contribution in [0.1, 0.15) is 24.0 Å². The van der Waals surface area contributed by atoms with E-state index < -0.39 is 36.0 Å². The predicted molar refractivity (Wildman–Crippen MR) is 137 cm³/mol. The molecule has 0 saturated carbocycles. The molecular formula is C24H36N6O6. The molecule has 0 saturated heterocycles. The fourth-order valence-electron chi connectivity index (χ4n) is 2.55. The molecule has 0 aliphatic carbocycles. The molecule has 0 heterocycles. The zero-order valence-corrected chi connectivity index (χ0v) is 19.9. The summed E-state index contributed by atoms with van der Waals surface area (Å²) in [4.78, 5) is 34.7. The monoisotopic (exact) mass is 504 g/mol. The van der Waals surface area contributed by atoms with Crippen molar-refractivity contribution < 1.29 is 29.7 Å². The second-order valence-corrected chi connectivity index (χ2v) is 7.66. The minimum atomic E-state index is -1.00. The number of aliphatic carboxylic acids is 3. The Hall–Kier alpha value is -4.00. The highest BCUT2D eigenvalue weighted by molar-refractivity contribution is 5.75. The number of rotatable bonds is 11. The molecule has 12 nitrogen and oxygen atoms in total. The van der Waals surface area contributed by atoms with Crippen molar-refractivity contribution in [1.82, 2.24) is 0 Å². The van der Waals surface area contributed by atoms with Gasteiger partial charge in [-0.15, -0.1) is 0 Å². The Morgan fingerprint density at radius 2 is 1.03 bits per heavy atom. The number of carboxylic acid groups (broad SMARTS) is 3. The van der Waals surface area contributed by atoms with Gasteiger partial charge in [0, 0.05) is 6.54 Å². The first kappa shape index (κ1) is 32.0. The standard InChI is InChI=1S/2C9H11NO2.C6H14N4O2/c2*10-8(9(11)12)6-7-4-2-1-3-5-7;7-4(5(11)12)2-1-3-10-6(8)9/h2*1-5,8H,6,10H2,(H,11,12);4H,1-3,7H2,(H,11,12)(H4,8,9,10). The van der Waals surface area contributed by atoms with Gasteiger partial charge in [0.05, 0.1) is 0 Å². The van der Waals surface area contributed by atoms with E-state index >= 15 is 0 Å². The van der Waals surface area contributed by atoms with E-state index in [0.717, 1.165) is 11.1 Å². The van der Waals surface area contributed by atoms with E-state index in [2.05, 4.69) is 4.99 Å². The Morgan fingerprint density at radius 1 is 0.667 bits per heavy atom. The molecule has 0 spiro atoms. The van der Waals surface area contributed by atoms with Crippen LogP contribution < -0.4 is 28.7 Å². The Kier molecular flexibility index (Phi) is 16.3. The van der Waals surface area contributed by atoms with E-state index in [1.54, 1.807) is 0 Å². The van der Waals surface area contributed by atoms with E-state index in [9.17, 15) is 14.4 Å². The van der Waals surface area contributed by atoms with Crippen LogP contribution in [0.3, 0.4) is 0 Å². The van der Waals surface area contributed by atoms with Gasteiger partial charge < -0.3 is 44.0 Å². The number of guanidine groups is 1. The van der Waals surface area contributed by atoms with Gasteiger partial charge in [0.2, 0.25) is 0 Å². The molecule has 198 valence electrons. The Labute approximate surface area is 209 Å². The summed E-state index contributed by atoms with van der Waals surface area (Å²) in [5, 5.41) is 25.4. The van der Waals surface area contributed by atoms with E-state index in [1.807, 2.05) is 60.7 Å². The normalized spacial score (nSPS) is 12.3. The minimum absolute atomic E-state index is 0.0129. The van der Waals surface area contributed by atoms with Crippen molar-refractivity contribution in [3.63, 3.8) is 0 Å². The van der Waals surface area contributed by atoms with Crippen molar-refractivity contribution in [2.75, 3.05) is 6.54 Å². The van der Waals surface area contributed by atoms with Crippen LogP contribution in [0.5, 0.6) is 0 Å². The number of hydrogen-bond donors (Lipinski definition) is 8. The fraction of sp³-hybridized carbons (Fsp3) is 0.333. The number of benzene rings is 2. The summed E-state index contributed by atoms with van der Waals surface area (Å²) in [5.74, 6) is -2.91. The molecule has 2 aromatic carbocycles.